The van der Waals surface area contributed by atoms with Gasteiger partial charge in [-0.1, -0.05) is 0 Å². The van der Waals surface area contributed by atoms with Crippen LogP contribution in [-0.2, 0) is 17.9 Å². The Bertz CT molecular complexity index is 1310. The van der Waals surface area contributed by atoms with Crippen LogP contribution >= 0.6 is 0 Å². The van der Waals surface area contributed by atoms with Crippen LogP contribution < -0.4 is 3.87 Å². The minimum atomic E-state index is -4.22. The minimum absolute atomic E-state index is 0.461. The molecule has 0 nitrogen and oxygen atoms in total. The predicted molar refractivity (Wildman–Crippen MR) is 125 cm³/mol. The fourth-order valence-corrected chi connectivity index (χ4v) is 18.5. The van der Waals surface area contributed by atoms with E-state index in [1.54, 1.807) is 9.43 Å². The zero-order valence-corrected chi connectivity index (χ0v) is 20.5. The monoisotopic (exact) mass is 418 g/mol. The first-order chi connectivity index (χ1) is 12.9. The summed E-state index contributed by atoms with van der Waals surface area (Å²) in [4.78, 5) is 0. The molecule has 142 valence electrons. The summed E-state index contributed by atoms with van der Waals surface area (Å²) in [5.41, 5.74) is 8.83. The summed E-state index contributed by atoms with van der Waals surface area (Å²) in [7, 11) is 2.35. The maximum atomic E-state index is 2.66. The van der Waals surface area contributed by atoms with Crippen molar-refractivity contribution in [3.05, 3.63) is 95.1 Å². The molecule has 0 radical (unpaired) electrons. The molecule has 1 unspecified atom stereocenters. The van der Waals surface area contributed by atoms with Crippen LogP contribution in [0.15, 0.2) is 72.8 Å². The van der Waals surface area contributed by atoms with Crippen LogP contribution in [0.2, 0.25) is 20.9 Å². The molecule has 2 aliphatic carbocycles. The predicted octanol–water partition coefficient (Wildman–Crippen LogP) is 6.15. The first-order valence-corrected chi connectivity index (χ1v) is 22.4. The van der Waals surface area contributed by atoms with Gasteiger partial charge in [-0.2, -0.15) is 0 Å². The first kappa shape index (κ1) is 18.4. The summed E-state index contributed by atoms with van der Waals surface area (Å²) in [5.74, 6) is 0. The van der Waals surface area contributed by atoms with Gasteiger partial charge in [-0.25, -0.2) is 0 Å². The summed E-state index contributed by atoms with van der Waals surface area (Å²) in [6.07, 6.45) is 5.93. The number of hydrogen-bond acceptors (Lipinski definition) is 0. The first-order valence-electron chi connectivity index (χ1n) is 10.5. The molecule has 0 aliphatic heterocycles. The van der Waals surface area contributed by atoms with Crippen molar-refractivity contribution in [1.82, 2.24) is 0 Å². The Morgan fingerprint density at radius 1 is 0.786 bits per heavy atom. The fourth-order valence-electron chi connectivity index (χ4n) is 6.12. The third kappa shape index (κ3) is 2.33. The summed E-state index contributed by atoms with van der Waals surface area (Å²) < 4.78 is 2.10. The molecule has 0 fully saturated rings. The van der Waals surface area contributed by atoms with Crippen LogP contribution in [-0.4, -0.2) is 7.63 Å². The number of rotatable bonds is 2. The Balaban J connectivity index is 1.85. The molecule has 0 heterocycles. The zero-order valence-electron chi connectivity index (χ0n) is 17.5. The van der Waals surface area contributed by atoms with Crippen molar-refractivity contribution < 1.29 is 11.5 Å². The van der Waals surface area contributed by atoms with E-state index in [4.69, 9.17) is 0 Å². The van der Waals surface area contributed by atoms with Crippen molar-refractivity contribution in [3.63, 3.8) is 0 Å². The Kier molecular flexibility index (Phi) is 2.99. The van der Waals surface area contributed by atoms with Gasteiger partial charge in [0.05, 0.1) is 0 Å². The second-order valence-electron chi connectivity index (χ2n) is 13.2. The van der Waals surface area contributed by atoms with Gasteiger partial charge in [-0.15, -0.1) is 0 Å². The molecule has 0 aromatic heterocycles. The Morgan fingerprint density at radius 3 is 2.29 bits per heavy atom. The number of benzene rings is 3. The molecule has 2 heteroatoms. The number of fused-ring (bicyclic) bond motifs is 4. The Hall–Kier alpha value is -1.67. The van der Waals surface area contributed by atoms with E-state index in [0.717, 1.165) is 6.42 Å². The molecule has 2 aliphatic rings. The van der Waals surface area contributed by atoms with Gasteiger partial charge in [0.15, 0.2) is 0 Å². The van der Waals surface area contributed by atoms with E-state index in [-0.39, 0.29) is 0 Å². The van der Waals surface area contributed by atoms with Crippen LogP contribution in [0.25, 0.3) is 17.2 Å². The third-order valence-electron chi connectivity index (χ3n) is 7.69. The molecule has 1 atom stereocenters. The summed E-state index contributed by atoms with van der Waals surface area (Å²) in [6, 6.07) is 25.1. The number of allylic oxidation sites excluding steroid dienone is 1. The van der Waals surface area contributed by atoms with Gasteiger partial charge in [0.2, 0.25) is 0 Å². The van der Waals surface area contributed by atoms with E-state index >= 15 is 0 Å². The summed E-state index contributed by atoms with van der Waals surface area (Å²) in [6.45, 7) is 0. The molecule has 5 rings (SSSR count). The van der Waals surface area contributed by atoms with Crippen molar-refractivity contribution in [2.75, 3.05) is 0 Å². The fraction of sp³-hybridized carbons (Fsp3) is 0.231. The van der Waals surface area contributed by atoms with E-state index in [1.807, 2.05) is 0 Å². The number of hydrogen-bond donors (Lipinski definition) is 0. The second-order valence-corrected chi connectivity index (χ2v) is 52.0. The van der Waals surface area contributed by atoms with Crippen LogP contribution in [0.1, 0.15) is 26.5 Å². The van der Waals surface area contributed by atoms with Gasteiger partial charge in [0, 0.05) is 0 Å². The quantitative estimate of drug-likeness (QED) is 0.343. The van der Waals surface area contributed by atoms with Crippen molar-refractivity contribution in [1.29, 1.82) is 0 Å². The van der Waals surface area contributed by atoms with Gasteiger partial charge in [-0.05, 0) is 0 Å². The van der Waals surface area contributed by atoms with Gasteiger partial charge >= 0.3 is 167 Å². The van der Waals surface area contributed by atoms with Crippen molar-refractivity contribution in [2.45, 2.75) is 31.6 Å². The normalized spacial score (nSPS) is 21.0. The van der Waals surface area contributed by atoms with Crippen molar-refractivity contribution >= 4 is 17.6 Å². The molecule has 3 aromatic carbocycles. The molecule has 28 heavy (non-hydrogen) atoms. The molecular weight excluding hydrogens is 388 g/mol. The third-order valence-corrected chi connectivity index (χ3v) is 22.1. The van der Waals surface area contributed by atoms with E-state index < -0.39 is 11.5 Å². The summed E-state index contributed by atoms with van der Waals surface area (Å²) >= 11 is -4.22. The topological polar surface area (TPSA) is 0 Å². The average Bonchev–Trinajstić information content (AvgIpc) is 3.22. The van der Waals surface area contributed by atoms with Crippen molar-refractivity contribution in [3.8, 4) is 11.1 Å². The van der Waals surface area contributed by atoms with Gasteiger partial charge < -0.3 is 0 Å². The average molecular weight is 418 g/mol. The van der Waals surface area contributed by atoms with E-state index in [9.17, 15) is 0 Å². The molecule has 0 saturated carbocycles. The van der Waals surface area contributed by atoms with Crippen molar-refractivity contribution in [2.24, 2.45) is 0 Å². The molecule has 3 aromatic rings. The van der Waals surface area contributed by atoms with E-state index in [2.05, 4.69) is 107 Å². The zero-order chi connectivity index (χ0) is 19.9. The van der Waals surface area contributed by atoms with Gasteiger partial charge in [0.25, 0.3) is 0 Å². The van der Waals surface area contributed by atoms with E-state index in [0.29, 0.717) is 4.22 Å². The molecule has 0 saturated heterocycles. The second kappa shape index (κ2) is 4.56. The van der Waals surface area contributed by atoms with Crippen LogP contribution in [0.5, 0.6) is 0 Å². The standard InChI is InChI=1S/C13H9.C9H7.4CH3.H2Si.Ti/c1-3-7-12-10(5-1)9-11-6-2-4-8-13(11)12;1-2-5-9-7-3-6-8(9)4-1;;;;;;/h1-5,7-8H,9H2;1-7H;4*1H3;1H2;. The SMILES string of the molecule is [CH3][Ti]([CH3])([CH3])([CH3])(=[SiH2])([c]1cccc2c1Cc1ccccc1-2)[CH]1C=Cc2ccccc21. The Labute approximate surface area is 166 Å². The van der Waals surface area contributed by atoms with Crippen LogP contribution in [0.3, 0.4) is 0 Å². The molecule has 0 spiro atoms. The Morgan fingerprint density at radius 2 is 1.46 bits per heavy atom. The molecule has 0 bridgehead atoms. The van der Waals surface area contributed by atoms with Gasteiger partial charge in [-0.3, -0.25) is 0 Å². The maximum absolute atomic E-state index is 4.22. The van der Waals surface area contributed by atoms with Crippen LogP contribution in [0.4, 0.5) is 0 Å². The van der Waals surface area contributed by atoms with Gasteiger partial charge in [0.1, 0.15) is 0 Å². The molecule has 0 amide bonds. The summed E-state index contributed by atoms with van der Waals surface area (Å²) in [5, 5.41) is 10.6. The molecule has 0 N–H and O–H groups in total. The molecular formula is C26H30SiTi. The van der Waals surface area contributed by atoms with E-state index in [1.165, 1.54) is 27.8 Å². The van der Waals surface area contributed by atoms with Crippen LogP contribution in [0, 0.1) is 0 Å².